The van der Waals surface area contributed by atoms with Crippen molar-refractivity contribution in [2.24, 2.45) is 5.92 Å². The first-order valence-electron chi connectivity index (χ1n) is 11.0. The molecule has 6 nitrogen and oxygen atoms in total. The molecule has 0 saturated heterocycles. The van der Waals surface area contributed by atoms with E-state index in [1.54, 1.807) is 30.3 Å². The summed E-state index contributed by atoms with van der Waals surface area (Å²) in [7, 11) is 0. The maximum atomic E-state index is 12.6. The minimum absolute atomic E-state index is 0.000426. The quantitative estimate of drug-likeness (QED) is 0.345. The van der Waals surface area contributed by atoms with Gasteiger partial charge in [-0.3, -0.25) is 14.4 Å². The SMILES string of the molecule is Cc1cc(OC2CCC(C(=O)O)CC2)ccc1C(=O)CCCNC(=O)c1cc(Cl)cc(Cl)c1. The molecule has 176 valence electrons. The van der Waals surface area contributed by atoms with Crippen LogP contribution in [0.1, 0.15) is 64.8 Å². The van der Waals surface area contributed by atoms with Crippen LogP contribution in [0.5, 0.6) is 5.75 Å². The van der Waals surface area contributed by atoms with Gasteiger partial charge >= 0.3 is 5.97 Å². The zero-order valence-electron chi connectivity index (χ0n) is 18.4. The molecule has 33 heavy (non-hydrogen) atoms. The maximum absolute atomic E-state index is 12.6. The molecule has 0 heterocycles. The molecule has 1 aliphatic rings. The van der Waals surface area contributed by atoms with Gasteiger partial charge in [0.25, 0.3) is 5.91 Å². The number of ether oxygens (including phenoxy) is 1. The number of aryl methyl sites for hydroxylation is 1. The van der Waals surface area contributed by atoms with E-state index in [2.05, 4.69) is 5.32 Å². The van der Waals surface area contributed by atoms with Crippen molar-refractivity contribution in [3.63, 3.8) is 0 Å². The second-order valence-electron chi connectivity index (χ2n) is 8.35. The van der Waals surface area contributed by atoms with Gasteiger partial charge in [-0.2, -0.15) is 0 Å². The lowest BCUT2D eigenvalue weighted by molar-refractivity contribution is -0.143. The number of hydrogen-bond acceptors (Lipinski definition) is 4. The van der Waals surface area contributed by atoms with Gasteiger partial charge in [0.15, 0.2) is 5.78 Å². The molecule has 0 bridgehead atoms. The first kappa shape index (κ1) is 25.1. The Labute approximate surface area is 203 Å². The number of carboxylic acid groups (broad SMARTS) is 1. The number of aliphatic carboxylic acids is 1. The summed E-state index contributed by atoms with van der Waals surface area (Å²) in [4.78, 5) is 35.9. The highest BCUT2D eigenvalue weighted by Gasteiger charge is 2.27. The molecule has 8 heteroatoms. The maximum Gasteiger partial charge on any atom is 0.306 e. The number of ketones is 1. The van der Waals surface area contributed by atoms with Crippen molar-refractivity contribution < 1.29 is 24.2 Å². The number of carbonyl (C=O) groups is 3. The Balaban J connectivity index is 1.45. The molecular weight excluding hydrogens is 465 g/mol. The average molecular weight is 492 g/mol. The third kappa shape index (κ3) is 7.21. The fourth-order valence-corrected chi connectivity index (χ4v) is 4.54. The second-order valence-corrected chi connectivity index (χ2v) is 9.22. The number of carbonyl (C=O) groups excluding carboxylic acids is 2. The van der Waals surface area contributed by atoms with E-state index in [0.29, 0.717) is 72.0 Å². The van der Waals surface area contributed by atoms with Crippen molar-refractivity contribution in [1.29, 1.82) is 0 Å². The van der Waals surface area contributed by atoms with E-state index in [9.17, 15) is 14.4 Å². The van der Waals surface area contributed by atoms with Gasteiger partial charge < -0.3 is 15.2 Å². The van der Waals surface area contributed by atoms with Gasteiger partial charge in [0, 0.05) is 34.1 Å². The Morgan fingerprint density at radius 3 is 2.30 bits per heavy atom. The van der Waals surface area contributed by atoms with Crippen LogP contribution >= 0.6 is 23.2 Å². The van der Waals surface area contributed by atoms with Gasteiger partial charge in [-0.1, -0.05) is 23.2 Å². The summed E-state index contributed by atoms with van der Waals surface area (Å²) in [6, 6.07) is 10.0. The summed E-state index contributed by atoms with van der Waals surface area (Å²) in [6.45, 7) is 2.22. The van der Waals surface area contributed by atoms with E-state index in [0.717, 1.165) is 5.56 Å². The normalized spacial score (nSPS) is 17.9. The molecule has 0 radical (unpaired) electrons. The van der Waals surface area contributed by atoms with Crippen molar-refractivity contribution >= 4 is 40.9 Å². The molecular formula is C25H27Cl2NO5. The largest absolute Gasteiger partial charge is 0.490 e. The minimum Gasteiger partial charge on any atom is -0.490 e. The van der Waals surface area contributed by atoms with Crippen molar-refractivity contribution in [2.75, 3.05) is 6.54 Å². The highest BCUT2D eigenvalue weighted by molar-refractivity contribution is 6.35. The first-order chi connectivity index (χ1) is 15.7. The predicted octanol–water partition coefficient (Wildman–Crippen LogP) is 5.72. The number of halogens is 2. The number of amides is 1. The molecule has 2 aromatic rings. The van der Waals surface area contributed by atoms with Crippen molar-refractivity contribution in [3.05, 3.63) is 63.1 Å². The molecule has 1 aliphatic carbocycles. The van der Waals surface area contributed by atoms with Crippen molar-refractivity contribution in [2.45, 2.75) is 51.6 Å². The van der Waals surface area contributed by atoms with Gasteiger partial charge in [-0.25, -0.2) is 0 Å². The number of carboxylic acids is 1. The van der Waals surface area contributed by atoms with Crippen LogP contribution in [-0.4, -0.2) is 35.4 Å². The van der Waals surface area contributed by atoms with E-state index < -0.39 is 5.97 Å². The van der Waals surface area contributed by atoms with Crippen LogP contribution in [0.15, 0.2) is 36.4 Å². The van der Waals surface area contributed by atoms with Gasteiger partial charge in [0.1, 0.15) is 5.75 Å². The number of hydrogen-bond donors (Lipinski definition) is 2. The van der Waals surface area contributed by atoms with Gasteiger partial charge in [-0.15, -0.1) is 0 Å². The summed E-state index contributed by atoms with van der Waals surface area (Å²) in [5.41, 5.74) is 1.83. The number of benzene rings is 2. The zero-order chi connectivity index (χ0) is 24.0. The number of nitrogens with one attached hydrogen (secondary N) is 1. The highest BCUT2D eigenvalue weighted by atomic mass is 35.5. The summed E-state index contributed by atoms with van der Waals surface area (Å²) in [5, 5.41) is 12.7. The Kier molecular flexibility index (Phi) is 8.75. The van der Waals surface area contributed by atoms with Crippen LogP contribution in [0.25, 0.3) is 0 Å². The monoisotopic (exact) mass is 491 g/mol. The van der Waals surface area contributed by atoms with Crippen LogP contribution in [0.4, 0.5) is 0 Å². The summed E-state index contributed by atoms with van der Waals surface area (Å²) in [5.74, 6) is -0.612. The standard InChI is InChI=1S/C25H27Cl2NO5/c1-15-11-21(33-20-6-4-16(5-7-20)25(31)32)8-9-22(15)23(29)3-2-10-28-24(30)17-12-18(26)14-19(27)13-17/h8-9,11-14,16,20H,2-7,10H2,1H3,(H,28,30)(H,31,32). The van der Waals surface area contributed by atoms with Crippen molar-refractivity contribution in [3.8, 4) is 5.75 Å². The Morgan fingerprint density at radius 2 is 1.70 bits per heavy atom. The van der Waals surface area contributed by atoms with E-state index in [4.69, 9.17) is 33.0 Å². The topological polar surface area (TPSA) is 92.7 Å². The average Bonchev–Trinajstić information content (AvgIpc) is 2.76. The fourth-order valence-electron chi connectivity index (χ4n) is 4.01. The van der Waals surface area contributed by atoms with Crippen LogP contribution in [-0.2, 0) is 4.79 Å². The summed E-state index contributed by atoms with van der Waals surface area (Å²) in [6.07, 6.45) is 3.47. The molecule has 0 aliphatic heterocycles. The van der Waals surface area contributed by atoms with Gasteiger partial charge in [-0.05, 0) is 81.0 Å². The van der Waals surface area contributed by atoms with Crippen molar-refractivity contribution in [1.82, 2.24) is 5.32 Å². The molecule has 0 spiro atoms. The minimum atomic E-state index is -0.736. The predicted molar refractivity (Wildman–Crippen MR) is 128 cm³/mol. The third-order valence-electron chi connectivity index (χ3n) is 5.82. The van der Waals surface area contributed by atoms with E-state index in [-0.39, 0.29) is 23.7 Å². The van der Waals surface area contributed by atoms with Gasteiger partial charge in [0.2, 0.25) is 0 Å². The molecule has 2 N–H and O–H groups in total. The molecule has 1 amide bonds. The van der Waals surface area contributed by atoms with E-state index >= 15 is 0 Å². The van der Waals surface area contributed by atoms with Crippen LogP contribution in [0, 0.1) is 12.8 Å². The number of rotatable bonds is 9. The highest BCUT2D eigenvalue weighted by Crippen LogP contribution is 2.29. The zero-order valence-corrected chi connectivity index (χ0v) is 19.9. The summed E-state index contributed by atoms with van der Waals surface area (Å²) < 4.78 is 6.01. The Morgan fingerprint density at radius 1 is 1.03 bits per heavy atom. The Hall–Kier alpha value is -2.57. The smallest absolute Gasteiger partial charge is 0.306 e. The third-order valence-corrected chi connectivity index (χ3v) is 6.25. The lowest BCUT2D eigenvalue weighted by atomic mass is 9.87. The van der Waals surface area contributed by atoms with E-state index in [1.165, 1.54) is 0 Å². The van der Waals surface area contributed by atoms with Crippen LogP contribution < -0.4 is 10.1 Å². The van der Waals surface area contributed by atoms with Gasteiger partial charge in [0.05, 0.1) is 12.0 Å². The molecule has 2 aromatic carbocycles. The van der Waals surface area contributed by atoms with Crippen LogP contribution in [0.3, 0.4) is 0 Å². The lowest BCUT2D eigenvalue weighted by Gasteiger charge is -2.27. The molecule has 1 saturated carbocycles. The lowest BCUT2D eigenvalue weighted by Crippen LogP contribution is -2.27. The summed E-state index contributed by atoms with van der Waals surface area (Å²) >= 11 is 11.8. The molecule has 3 rings (SSSR count). The molecule has 0 aromatic heterocycles. The van der Waals surface area contributed by atoms with Crippen LogP contribution in [0.2, 0.25) is 10.0 Å². The molecule has 0 unspecified atom stereocenters. The number of Topliss-reactive ketones (excluding diaryl/α,β-unsaturated/α-hetero) is 1. The Bertz CT molecular complexity index is 1010. The first-order valence-corrected chi connectivity index (χ1v) is 11.8. The fraction of sp³-hybridized carbons (Fsp3) is 0.400. The van der Waals surface area contributed by atoms with E-state index in [1.807, 2.05) is 13.0 Å². The molecule has 0 atom stereocenters. The second kappa shape index (κ2) is 11.5. The molecule has 1 fully saturated rings.